The highest BCUT2D eigenvalue weighted by Crippen LogP contribution is 2.37. The lowest BCUT2D eigenvalue weighted by Crippen LogP contribution is -2.25. The molecule has 6 heteroatoms. The van der Waals surface area contributed by atoms with E-state index in [0.29, 0.717) is 41.8 Å². The molecule has 1 N–H and O–H groups in total. The summed E-state index contributed by atoms with van der Waals surface area (Å²) in [6, 6.07) is 11.1. The van der Waals surface area contributed by atoms with Crippen LogP contribution in [0, 0.1) is 0 Å². The van der Waals surface area contributed by atoms with E-state index < -0.39 is 0 Å². The van der Waals surface area contributed by atoms with Gasteiger partial charge in [-0.15, -0.1) is 0 Å². The van der Waals surface area contributed by atoms with Gasteiger partial charge >= 0.3 is 0 Å². The van der Waals surface area contributed by atoms with E-state index in [1.54, 1.807) is 19.2 Å². The quantitative estimate of drug-likeness (QED) is 0.885. The Morgan fingerprint density at radius 3 is 2.72 bits per heavy atom. The summed E-state index contributed by atoms with van der Waals surface area (Å²) < 4.78 is 16.3. The maximum Gasteiger partial charge on any atom is 0.251 e. The molecule has 0 unspecified atom stereocenters. The van der Waals surface area contributed by atoms with Gasteiger partial charge in [-0.25, -0.2) is 0 Å². The van der Waals surface area contributed by atoms with Crippen molar-refractivity contribution in [3.8, 4) is 17.2 Å². The predicted octanol–water partition coefficient (Wildman–Crippen LogP) is 3.48. The molecule has 0 saturated heterocycles. The van der Waals surface area contributed by atoms with E-state index >= 15 is 0 Å². The topological polar surface area (TPSA) is 56.8 Å². The normalized spacial score (nSPS) is 13.0. The zero-order valence-corrected chi connectivity index (χ0v) is 14.8. The lowest BCUT2D eigenvalue weighted by atomic mass is 10.1. The predicted molar refractivity (Wildman–Crippen MR) is 96.1 cm³/mol. The second kappa shape index (κ2) is 8.12. The molecule has 1 aliphatic heterocycles. The first-order valence-corrected chi connectivity index (χ1v) is 8.55. The summed E-state index contributed by atoms with van der Waals surface area (Å²) in [5, 5.41) is 3.29. The number of hydrogen-bond donors (Lipinski definition) is 1. The number of fused-ring (bicyclic) bond motifs is 1. The Morgan fingerprint density at radius 1 is 1.20 bits per heavy atom. The maximum atomic E-state index is 12.4. The average Bonchev–Trinajstić information content (AvgIpc) is 2.88. The Bertz CT molecular complexity index is 746. The smallest absolute Gasteiger partial charge is 0.251 e. The van der Waals surface area contributed by atoms with Crippen molar-refractivity contribution in [3.63, 3.8) is 0 Å². The van der Waals surface area contributed by atoms with E-state index in [1.807, 2.05) is 24.3 Å². The van der Waals surface area contributed by atoms with Crippen LogP contribution < -0.4 is 19.5 Å². The van der Waals surface area contributed by atoms with Crippen molar-refractivity contribution < 1.29 is 19.0 Å². The van der Waals surface area contributed by atoms with Gasteiger partial charge in [-0.3, -0.25) is 4.79 Å². The molecule has 0 bridgehead atoms. The number of carbonyl (C=O) groups is 1. The molecule has 3 rings (SSSR count). The van der Waals surface area contributed by atoms with E-state index in [9.17, 15) is 4.79 Å². The zero-order valence-electron chi connectivity index (χ0n) is 14.0. The van der Waals surface area contributed by atoms with E-state index in [0.717, 1.165) is 24.2 Å². The average molecular weight is 362 g/mol. The molecular formula is C19H20ClNO4. The lowest BCUT2D eigenvalue weighted by molar-refractivity contribution is 0.0953. The Balaban J connectivity index is 1.61. The maximum absolute atomic E-state index is 12.4. The molecule has 0 aromatic heterocycles. The highest BCUT2D eigenvalue weighted by atomic mass is 35.5. The van der Waals surface area contributed by atoms with Gasteiger partial charge in [-0.1, -0.05) is 23.7 Å². The van der Waals surface area contributed by atoms with Gasteiger partial charge in [0.05, 0.1) is 25.3 Å². The van der Waals surface area contributed by atoms with E-state index in [-0.39, 0.29) is 5.91 Å². The van der Waals surface area contributed by atoms with Crippen molar-refractivity contribution in [1.82, 2.24) is 5.32 Å². The minimum Gasteiger partial charge on any atom is -0.497 e. The first-order valence-electron chi connectivity index (χ1n) is 8.17. The number of ether oxygens (including phenoxy) is 3. The number of nitrogens with one attached hydrogen (secondary N) is 1. The molecule has 0 fully saturated rings. The molecule has 1 aliphatic rings. The summed E-state index contributed by atoms with van der Waals surface area (Å²) in [6.07, 6.45) is 1.52. The van der Waals surface area contributed by atoms with Crippen molar-refractivity contribution in [2.75, 3.05) is 26.9 Å². The fourth-order valence-corrected chi connectivity index (χ4v) is 2.84. The van der Waals surface area contributed by atoms with Gasteiger partial charge in [0.15, 0.2) is 11.5 Å². The van der Waals surface area contributed by atoms with Crippen molar-refractivity contribution in [2.24, 2.45) is 0 Å². The van der Waals surface area contributed by atoms with Crippen molar-refractivity contribution in [2.45, 2.75) is 12.8 Å². The van der Waals surface area contributed by atoms with Gasteiger partial charge in [0.25, 0.3) is 5.91 Å². The summed E-state index contributed by atoms with van der Waals surface area (Å²) in [6.45, 7) is 1.63. The fraction of sp³-hybridized carbons (Fsp3) is 0.316. The molecule has 0 aliphatic carbocycles. The van der Waals surface area contributed by atoms with Crippen LogP contribution in [-0.4, -0.2) is 32.8 Å². The van der Waals surface area contributed by atoms with Crippen LogP contribution in [0.5, 0.6) is 17.2 Å². The third kappa shape index (κ3) is 4.37. The Labute approximate surface area is 151 Å². The molecule has 0 saturated carbocycles. The molecule has 0 spiro atoms. The molecule has 2 aromatic rings. The molecule has 1 heterocycles. The molecule has 2 aromatic carbocycles. The van der Waals surface area contributed by atoms with Crippen LogP contribution >= 0.6 is 11.6 Å². The Morgan fingerprint density at radius 2 is 1.96 bits per heavy atom. The third-order valence-corrected chi connectivity index (χ3v) is 4.20. The van der Waals surface area contributed by atoms with Crippen LogP contribution in [0.2, 0.25) is 5.02 Å². The molecule has 25 heavy (non-hydrogen) atoms. The van der Waals surface area contributed by atoms with Gasteiger partial charge in [-0.05, 0) is 36.2 Å². The second-order valence-electron chi connectivity index (χ2n) is 5.69. The van der Waals surface area contributed by atoms with Gasteiger partial charge in [0.1, 0.15) is 5.75 Å². The number of methoxy groups -OCH3 is 1. The SMILES string of the molecule is COc1ccc(CCNC(=O)c2cc(Cl)c3c(c2)OCCCO3)cc1. The Hall–Kier alpha value is -2.40. The monoisotopic (exact) mass is 361 g/mol. The highest BCUT2D eigenvalue weighted by molar-refractivity contribution is 6.32. The fourth-order valence-electron chi connectivity index (χ4n) is 2.58. The molecule has 1 amide bonds. The zero-order chi connectivity index (χ0) is 17.6. The third-order valence-electron chi connectivity index (χ3n) is 3.92. The lowest BCUT2D eigenvalue weighted by Gasteiger charge is -2.12. The van der Waals surface area contributed by atoms with E-state index in [1.165, 1.54) is 0 Å². The van der Waals surface area contributed by atoms with Gasteiger partial charge in [-0.2, -0.15) is 0 Å². The van der Waals surface area contributed by atoms with Crippen LogP contribution in [0.25, 0.3) is 0 Å². The minimum atomic E-state index is -0.189. The number of benzene rings is 2. The van der Waals surface area contributed by atoms with Crippen LogP contribution in [-0.2, 0) is 6.42 Å². The number of rotatable bonds is 5. The largest absolute Gasteiger partial charge is 0.497 e. The minimum absolute atomic E-state index is 0.189. The van der Waals surface area contributed by atoms with Crippen LogP contribution in [0.4, 0.5) is 0 Å². The number of amides is 1. The Kier molecular flexibility index (Phi) is 5.66. The molecule has 5 nitrogen and oxygen atoms in total. The van der Waals surface area contributed by atoms with Crippen molar-refractivity contribution in [3.05, 3.63) is 52.5 Å². The molecule has 0 atom stereocenters. The van der Waals surface area contributed by atoms with Gasteiger partial charge in [0, 0.05) is 18.5 Å². The van der Waals surface area contributed by atoms with Crippen molar-refractivity contribution >= 4 is 17.5 Å². The number of halogens is 1. The standard InChI is InChI=1S/C19H20ClNO4/c1-23-15-5-3-13(4-6-15)7-8-21-19(22)14-11-16(20)18-17(12-14)24-9-2-10-25-18/h3-6,11-12H,2,7-10H2,1H3,(H,21,22). The summed E-state index contributed by atoms with van der Waals surface area (Å²) in [5.74, 6) is 1.65. The first kappa shape index (κ1) is 17.4. The second-order valence-corrected chi connectivity index (χ2v) is 6.10. The summed E-state index contributed by atoms with van der Waals surface area (Å²) in [7, 11) is 1.63. The molecule has 132 valence electrons. The summed E-state index contributed by atoms with van der Waals surface area (Å²) >= 11 is 6.23. The molecular weight excluding hydrogens is 342 g/mol. The number of carbonyl (C=O) groups excluding carboxylic acids is 1. The summed E-state index contributed by atoms with van der Waals surface area (Å²) in [5.41, 5.74) is 1.58. The first-order chi connectivity index (χ1) is 12.2. The van der Waals surface area contributed by atoms with Gasteiger partial charge < -0.3 is 19.5 Å². The molecule has 0 radical (unpaired) electrons. The highest BCUT2D eigenvalue weighted by Gasteiger charge is 2.18. The van der Waals surface area contributed by atoms with Crippen LogP contribution in [0.15, 0.2) is 36.4 Å². The van der Waals surface area contributed by atoms with E-state index in [4.69, 9.17) is 25.8 Å². The van der Waals surface area contributed by atoms with Crippen molar-refractivity contribution in [1.29, 1.82) is 0 Å². The van der Waals surface area contributed by atoms with E-state index in [2.05, 4.69) is 5.32 Å². The van der Waals surface area contributed by atoms with Crippen LogP contribution in [0.1, 0.15) is 22.3 Å². The number of hydrogen-bond acceptors (Lipinski definition) is 4. The summed E-state index contributed by atoms with van der Waals surface area (Å²) in [4.78, 5) is 12.4. The van der Waals surface area contributed by atoms with Crippen LogP contribution in [0.3, 0.4) is 0 Å². The van der Waals surface area contributed by atoms with Gasteiger partial charge in [0.2, 0.25) is 0 Å².